The summed E-state index contributed by atoms with van der Waals surface area (Å²) in [5.41, 5.74) is 4.09. The molecule has 0 amide bonds. The van der Waals surface area contributed by atoms with Gasteiger partial charge in [-0.3, -0.25) is 9.69 Å². The molecular weight excluding hydrogens is 270 g/mol. The number of aromatic nitrogens is 1. The lowest BCUT2D eigenvalue weighted by atomic mass is 9.82. The molecule has 2 aliphatic rings. The summed E-state index contributed by atoms with van der Waals surface area (Å²) in [6.07, 6.45) is 4.74. The molecule has 1 fully saturated rings. The van der Waals surface area contributed by atoms with Crippen molar-refractivity contribution < 1.29 is 0 Å². The van der Waals surface area contributed by atoms with Crippen molar-refractivity contribution in [3.63, 3.8) is 0 Å². The predicted molar refractivity (Wildman–Crippen MR) is 92.3 cm³/mol. The normalized spacial score (nSPS) is 23.8. The first-order valence-electron chi connectivity index (χ1n) is 8.43. The predicted octanol–water partition coefficient (Wildman–Crippen LogP) is 4.31. The van der Waals surface area contributed by atoms with Gasteiger partial charge in [-0.15, -0.1) is 0 Å². The van der Waals surface area contributed by atoms with Crippen LogP contribution in [0, 0.1) is 11.8 Å². The summed E-state index contributed by atoms with van der Waals surface area (Å²) >= 11 is 0. The zero-order valence-electron chi connectivity index (χ0n) is 13.7. The second-order valence-electron chi connectivity index (χ2n) is 7.03. The SMILES string of the molecule is CC(C)C1CCN2c3ccccc3N(C)n3cccc3C2C1. The van der Waals surface area contributed by atoms with E-state index >= 15 is 0 Å². The monoisotopic (exact) mass is 295 g/mol. The number of piperidine rings is 1. The van der Waals surface area contributed by atoms with E-state index in [4.69, 9.17) is 0 Å². The van der Waals surface area contributed by atoms with Crippen LogP contribution >= 0.6 is 0 Å². The number of hydrogen-bond acceptors (Lipinski definition) is 2. The molecule has 4 rings (SSSR count). The van der Waals surface area contributed by atoms with Crippen molar-refractivity contribution in [3.05, 3.63) is 48.3 Å². The van der Waals surface area contributed by atoms with Gasteiger partial charge in [0.1, 0.15) is 0 Å². The van der Waals surface area contributed by atoms with Gasteiger partial charge in [0.15, 0.2) is 0 Å². The maximum atomic E-state index is 2.63. The molecule has 0 spiro atoms. The van der Waals surface area contributed by atoms with Gasteiger partial charge in [-0.05, 0) is 48.9 Å². The molecule has 0 bridgehead atoms. The lowest BCUT2D eigenvalue weighted by molar-refractivity contribution is 0.268. The summed E-state index contributed by atoms with van der Waals surface area (Å²) in [6, 6.07) is 13.8. The van der Waals surface area contributed by atoms with Crippen LogP contribution in [0.5, 0.6) is 0 Å². The minimum atomic E-state index is 0.488. The number of benzene rings is 1. The van der Waals surface area contributed by atoms with Crippen molar-refractivity contribution in [3.8, 4) is 0 Å². The average molecular weight is 295 g/mol. The molecule has 2 aliphatic heterocycles. The van der Waals surface area contributed by atoms with Crippen molar-refractivity contribution in [2.45, 2.75) is 32.7 Å². The number of hydrogen-bond donors (Lipinski definition) is 0. The standard InChI is InChI=1S/C19H25N3/c1-14(2)15-10-12-21-17-8-5-4-7-16(17)20(3)22-11-6-9-18(22)19(21)13-15/h4-9,11,14-15,19H,10,12-13H2,1-3H3. The first kappa shape index (κ1) is 13.7. The van der Waals surface area contributed by atoms with E-state index in [1.165, 1.54) is 29.9 Å². The molecule has 0 radical (unpaired) electrons. The minimum absolute atomic E-state index is 0.488. The summed E-state index contributed by atoms with van der Waals surface area (Å²) in [6.45, 7) is 5.90. The van der Waals surface area contributed by atoms with E-state index in [1.807, 2.05) is 0 Å². The fourth-order valence-electron chi connectivity index (χ4n) is 4.19. The van der Waals surface area contributed by atoms with Gasteiger partial charge in [-0.1, -0.05) is 26.0 Å². The molecule has 0 aliphatic carbocycles. The Balaban J connectivity index is 1.85. The lowest BCUT2D eigenvalue weighted by Crippen LogP contribution is -2.38. The van der Waals surface area contributed by atoms with Gasteiger partial charge >= 0.3 is 0 Å². The van der Waals surface area contributed by atoms with Crippen molar-refractivity contribution in [1.29, 1.82) is 0 Å². The molecular formula is C19H25N3. The van der Waals surface area contributed by atoms with Crippen LogP contribution in [-0.2, 0) is 0 Å². The number of para-hydroxylation sites is 2. The highest BCUT2D eigenvalue weighted by Crippen LogP contribution is 2.45. The number of rotatable bonds is 1. The zero-order chi connectivity index (χ0) is 15.3. The van der Waals surface area contributed by atoms with E-state index in [9.17, 15) is 0 Å². The Morgan fingerprint density at radius 1 is 1.05 bits per heavy atom. The van der Waals surface area contributed by atoms with Gasteiger partial charge in [-0.25, -0.2) is 0 Å². The summed E-state index contributed by atoms with van der Waals surface area (Å²) in [5.74, 6) is 1.59. The molecule has 2 atom stereocenters. The van der Waals surface area contributed by atoms with E-state index < -0.39 is 0 Å². The molecule has 1 aromatic carbocycles. The first-order valence-corrected chi connectivity index (χ1v) is 8.43. The van der Waals surface area contributed by atoms with Gasteiger partial charge in [0.05, 0.1) is 23.1 Å². The van der Waals surface area contributed by atoms with Crippen molar-refractivity contribution in [2.75, 3.05) is 23.5 Å². The van der Waals surface area contributed by atoms with Crippen LogP contribution in [-0.4, -0.2) is 18.3 Å². The Hall–Kier alpha value is -1.90. The molecule has 0 N–H and O–H groups in total. The molecule has 1 aromatic heterocycles. The fourth-order valence-corrected chi connectivity index (χ4v) is 4.19. The van der Waals surface area contributed by atoms with E-state index in [-0.39, 0.29) is 0 Å². The van der Waals surface area contributed by atoms with Crippen LogP contribution in [0.4, 0.5) is 11.4 Å². The quantitative estimate of drug-likeness (QED) is 0.776. The van der Waals surface area contributed by atoms with Crippen molar-refractivity contribution >= 4 is 11.4 Å². The molecule has 3 heteroatoms. The Kier molecular flexibility index (Phi) is 3.17. The highest BCUT2D eigenvalue weighted by atomic mass is 15.6. The van der Waals surface area contributed by atoms with Crippen molar-refractivity contribution in [2.24, 2.45) is 11.8 Å². The summed E-state index contributed by atoms with van der Waals surface area (Å²) < 4.78 is 2.33. The third-order valence-corrected chi connectivity index (χ3v) is 5.55. The Morgan fingerprint density at radius 3 is 2.59 bits per heavy atom. The molecule has 116 valence electrons. The van der Waals surface area contributed by atoms with Gasteiger partial charge in [0, 0.05) is 19.8 Å². The van der Waals surface area contributed by atoms with Crippen LogP contribution in [0.2, 0.25) is 0 Å². The van der Waals surface area contributed by atoms with Crippen LogP contribution in [0.1, 0.15) is 38.4 Å². The highest BCUT2D eigenvalue weighted by molar-refractivity contribution is 5.73. The Bertz CT molecular complexity index is 673. The number of anilines is 2. The maximum absolute atomic E-state index is 2.63. The van der Waals surface area contributed by atoms with Gasteiger partial charge in [0.25, 0.3) is 0 Å². The minimum Gasteiger partial charge on any atom is -0.361 e. The van der Waals surface area contributed by atoms with Crippen LogP contribution in [0.3, 0.4) is 0 Å². The zero-order valence-corrected chi connectivity index (χ0v) is 13.7. The fraction of sp³-hybridized carbons (Fsp3) is 0.474. The molecule has 2 aromatic rings. The molecule has 1 saturated heterocycles. The van der Waals surface area contributed by atoms with E-state index in [0.29, 0.717) is 6.04 Å². The van der Waals surface area contributed by atoms with Crippen LogP contribution < -0.4 is 9.91 Å². The Morgan fingerprint density at radius 2 is 1.82 bits per heavy atom. The number of fused-ring (bicyclic) bond motifs is 5. The molecule has 22 heavy (non-hydrogen) atoms. The summed E-state index contributed by atoms with van der Waals surface area (Å²) in [4.78, 5) is 2.63. The highest BCUT2D eigenvalue weighted by Gasteiger charge is 2.36. The van der Waals surface area contributed by atoms with E-state index in [1.54, 1.807) is 0 Å². The van der Waals surface area contributed by atoms with Gasteiger partial charge < -0.3 is 4.90 Å². The molecule has 3 heterocycles. The third-order valence-electron chi connectivity index (χ3n) is 5.55. The molecule has 3 nitrogen and oxygen atoms in total. The smallest absolute Gasteiger partial charge is 0.0808 e. The van der Waals surface area contributed by atoms with Gasteiger partial charge in [0.2, 0.25) is 0 Å². The van der Waals surface area contributed by atoms with Crippen LogP contribution in [0.15, 0.2) is 42.6 Å². The summed E-state index contributed by atoms with van der Waals surface area (Å²) in [5, 5.41) is 2.29. The van der Waals surface area contributed by atoms with Crippen molar-refractivity contribution in [1.82, 2.24) is 4.68 Å². The second-order valence-corrected chi connectivity index (χ2v) is 7.03. The largest absolute Gasteiger partial charge is 0.361 e. The lowest BCUT2D eigenvalue weighted by Gasteiger charge is -2.41. The average Bonchev–Trinajstić information content (AvgIpc) is 3.00. The van der Waals surface area contributed by atoms with Crippen LogP contribution in [0.25, 0.3) is 0 Å². The van der Waals surface area contributed by atoms with E-state index in [0.717, 1.165) is 18.4 Å². The molecule has 0 saturated carbocycles. The summed E-state index contributed by atoms with van der Waals surface area (Å²) in [7, 11) is 2.17. The second kappa shape index (κ2) is 5.08. The first-order chi connectivity index (χ1) is 10.7. The number of nitrogens with zero attached hydrogens (tertiary/aromatic N) is 3. The maximum Gasteiger partial charge on any atom is 0.0808 e. The topological polar surface area (TPSA) is 11.4 Å². The van der Waals surface area contributed by atoms with E-state index in [2.05, 4.69) is 78.1 Å². The third kappa shape index (κ3) is 1.95. The Labute approximate surface area is 133 Å². The van der Waals surface area contributed by atoms with Gasteiger partial charge in [-0.2, -0.15) is 0 Å². The molecule has 2 unspecified atom stereocenters.